The molecule has 0 aliphatic carbocycles. The van der Waals surface area contributed by atoms with Gasteiger partial charge in [0.25, 0.3) is 0 Å². The average Bonchev–Trinajstić information content (AvgIpc) is 2.27. The van der Waals surface area contributed by atoms with Crippen molar-refractivity contribution in [1.29, 1.82) is 0 Å². The van der Waals surface area contributed by atoms with Crippen LogP contribution in [0.2, 0.25) is 0 Å². The number of rotatable bonds is 4. The van der Waals surface area contributed by atoms with E-state index in [9.17, 15) is 8.78 Å². The van der Waals surface area contributed by atoms with Crippen LogP contribution in [0.15, 0.2) is 41.4 Å². The number of nitrogens with zero attached hydrogens (tertiary/aromatic N) is 1. The van der Waals surface area contributed by atoms with Crippen molar-refractivity contribution in [3.8, 4) is 0 Å². The Hall–Kier alpha value is -1.51. The Morgan fingerprint density at radius 2 is 2.00 bits per heavy atom. The molecule has 3 heteroatoms. The third-order valence-corrected chi connectivity index (χ3v) is 1.86. The summed E-state index contributed by atoms with van der Waals surface area (Å²) >= 11 is 0. The maximum atomic E-state index is 12.6. The number of alkyl halides is 1. The molecule has 0 N–H and O–H groups in total. The molecule has 0 aromatic heterocycles. The molecule has 80 valence electrons. The van der Waals surface area contributed by atoms with Gasteiger partial charge in [-0.25, -0.2) is 8.78 Å². The van der Waals surface area contributed by atoms with Crippen molar-refractivity contribution in [2.45, 2.75) is 13.3 Å². The van der Waals surface area contributed by atoms with Crippen LogP contribution in [0.3, 0.4) is 0 Å². The van der Waals surface area contributed by atoms with Gasteiger partial charge < -0.3 is 0 Å². The summed E-state index contributed by atoms with van der Waals surface area (Å²) in [5.74, 6) is -0.286. The van der Waals surface area contributed by atoms with Gasteiger partial charge in [0, 0.05) is 5.71 Å². The quantitative estimate of drug-likeness (QED) is 0.668. The van der Waals surface area contributed by atoms with Crippen LogP contribution < -0.4 is 0 Å². The van der Waals surface area contributed by atoms with Gasteiger partial charge in [-0.05, 0) is 36.8 Å². The molecule has 0 spiro atoms. The fraction of sp³-hybridized carbons (Fsp3) is 0.250. The Morgan fingerprint density at radius 3 is 2.53 bits per heavy atom. The van der Waals surface area contributed by atoms with E-state index in [4.69, 9.17) is 0 Å². The highest BCUT2D eigenvalue weighted by Crippen LogP contribution is 2.13. The average molecular weight is 209 g/mol. The SMILES string of the molecule is CCC(C=CCF)=Nc1ccc(F)cc1. The summed E-state index contributed by atoms with van der Waals surface area (Å²) in [5.41, 5.74) is 1.45. The first-order chi connectivity index (χ1) is 7.26. The van der Waals surface area contributed by atoms with E-state index in [0.29, 0.717) is 12.1 Å². The van der Waals surface area contributed by atoms with Gasteiger partial charge in [0.1, 0.15) is 12.5 Å². The van der Waals surface area contributed by atoms with Gasteiger partial charge in [0.05, 0.1) is 5.69 Å². The Morgan fingerprint density at radius 1 is 1.33 bits per heavy atom. The molecule has 0 heterocycles. The first-order valence-corrected chi connectivity index (χ1v) is 4.82. The lowest BCUT2D eigenvalue weighted by Crippen LogP contribution is -1.89. The molecule has 15 heavy (non-hydrogen) atoms. The molecule has 1 aromatic carbocycles. The lowest BCUT2D eigenvalue weighted by Gasteiger charge is -1.97. The maximum Gasteiger partial charge on any atom is 0.123 e. The third kappa shape index (κ3) is 4.02. The van der Waals surface area contributed by atoms with E-state index < -0.39 is 6.67 Å². The molecule has 0 bridgehead atoms. The zero-order valence-electron chi connectivity index (χ0n) is 8.58. The molecule has 0 fully saturated rings. The van der Waals surface area contributed by atoms with E-state index in [2.05, 4.69) is 4.99 Å². The van der Waals surface area contributed by atoms with Gasteiger partial charge in [-0.15, -0.1) is 0 Å². The van der Waals surface area contributed by atoms with E-state index in [1.165, 1.54) is 18.2 Å². The minimum absolute atomic E-state index is 0.286. The number of hydrogen-bond acceptors (Lipinski definition) is 1. The molecule has 0 unspecified atom stereocenters. The summed E-state index contributed by atoms with van der Waals surface area (Å²) in [7, 11) is 0. The lowest BCUT2D eigenvalue weighted by molar-refractivity contribution is 0.562. The Balaban J connectivity index is 2.83. The molecule has 1 rings (SSSR count). The predicted octanol–water partition coefficient (Wildman–Crippen LogP) is 3.83. The number of aliphatic imine (C=N–C) groups is 1. The molecule has 0 aliphatic rings. The number of allylic oxidation sites excluding steroid dienone is 2. The zero-order valence-corrected chi connectivity index (χ0v) is 8.58. The molecule has 0 amide bonds. The number of halogens is 2. The summed E-state index contributed by atoms with van der Waals surface area (Å²) in [6, 6.07) is 5.89. The first kappa shape index (κ1) is 11.6. The fourth-order valence-electron chi connectivity index (χ4n) is 1.10. The molecule has 1 nitrogen and oxygen atoms in total. The van der Waals surface area contributed by atoms with Gasteiger partial charge in [0.15, 0.2) is 0 Å². The van der Waals surface area contributed by atoms with Crippen LogP contribution in [-0.2, 0) is 0 Å². The predicted molar refractivity (Wildman–Crippen MR) is 58.9 cm³/mol. The summed E-state index contributed by atoms with van der Waals surface area (Å²) in [6.07, 6.45) is 3.77. The van der Waals surface area contributed by atoms with Gasteiger partial charge in [-0.3, -0.25) is 4.99 Å². The second kappa shape index (κ2) is 6.06. The second-order valence-corrected chi connectivity index (χ2v) is 2.99. The van der Waals surface area contributed by atoms with E-state index in [1.807, 2.05) is 6.92 Å². The Labute approximate surface area is 88.2 Å². The van der Waals surface area contributed by atoms with E-state index in [1.54, 1.807) is 18.2 Å². The summed E-state index contributed by atoms with van der Waals surface area (Å²) < 4.78 is 24.5. The van der Waals surface area contributed by atoms with Crippen molar-refractivity contribution in [3.05, 3.63) is 42.2 Å². The molecule has 0 saturated heterocycles. The minimum atomic E-state index is -0.498. The Bertz CT molecular complexity index is 352. The smallest absolute Gasteiger partial charge is 0.123 e. The van der Waals surface area contributed by atoms with Crippen LogP contribution in [0.4, 0.5) is 14.5 Å². The largest absolute Gasteiger partial charge is 0.253 e. The summed E-state index contributed by atoms with van der Waals surface area (Å²) in [5, 5.41) is 0. The van der Waals surface area contributed by atoms with Crippen LogP contribution in [0.1, 0.15) is 13.3 Å². The molecule has 0 aliphatic heterocycles. The monoisotopic (exact) mass is 209 g/mol. The normalized spacial score (nSPS) is 12.3. The highest BCUT2D eigenvalue weighted by atomic mass is 19.1. The fourth-order valence-corrected chi connectivity index (χ4v) is 1.10. The van der Waals surface area contributed by atoms with E-state index >= 15 is 0 Å². The first-order valence-electron chi connectivity index (χ1n) is 4.82. The van der Waals surface area contributed by atoms with Gasteiger partial charge >= 0.3 is 0 Å². The standard InChI is InChI=1S/C12H13F2N/c1-2-11(4-3-9-13)15-12-7-5-10(14)6-8-12/h3-8H,2,9H2,1H3. The third-order valence-electron chi connectivity index (χ3n) is 1.86. The van der Waals surface area contributed by atoms with Gasteiger partial charge in [-0.1, -0.05) is 13.0 Å². The van der Waals surface area contributed by atoms with Crippen molar-refractivity contribution in [3.63, 3.8) is 0 Å². The zero-order chi connectivity index (χ0) is 11.1. The highest BCUT2D eigenvalue weighted by molar-refractivity contribution is 5.96. The van der Waals surface area contributed by atoms with Crippen LogP contribution in [-0.4, -0.2) is 12.4 Å². The van der Waals surface area contributed by atoms with E-state index in [0.717, 1.165) is 5.71 Å². The Kier molecular flexibility index (Phi) is 4.68. The molecular weight excluding hydrogens is 196 g/mol. The van der Waals surface area contributed by atoms with Crippen molar-refractivity contribution in [1.82, 2.24) is 0 Å². The lowest BCUT2D eigenvalue weighted by atomic mass is 10.2. The molecule has 0 saturated carbocycles. The van der Waals surface area contributed by atoms with Crippen LogP contribution in [0, 0.1) is 5.82 Å². The van der Waals surface area contributed by atoms with Gasteiger partial charge in [-0.2, -0.15) is 0 Å². The summed E-state index contributed by atoms with van der Waals surface area (Å²) in [4.78, 5) is 4.25. The van der Waals surface area contributed by atoms with E-state index in [-0.39, 0.29) is 5.82 Å². The van der Waals surface area contributed by atoms with Gasteiger partial charge in [0.2, 0.25) is 0 Å². The minimum Gasteiger partial charge on any atom is -0.253 e. The van der Waals surface area contributed by atoms with Crippen molar-refractivity contribution in [2.75, 3.05) is 6.67 Å². The second-order valence-electron chi connectivity index (χ2n) is 2.99. The molecule has 1 aromatic rings. The van der Waals surface area contributed by atoms with Crippen LogP contribution >= 0.6 is 0 Å². The van der Waals surface area contributed by atoms with Crippen LogP contribution in [0.25, 0.3) is 0 Å². The topological polar surface area (TPSA) is 12.4 Å². The van der Waals surface area contributed by atoms with Crippen molar-refractivity contribution >= 4 is 11.4 Å². The van der Waals surface area contributed by atoms with Crippen molar-refractivity contribution in [2.24, 2.45) is 4.99 Å². The molecular formula is C12H13F2N. The van der Waals surface area contributed by atoms with Crippen LogP contribution in [0.5, 0.6) is 0 Å². The maximum absolute atomic E-state index is 12.6. The highest BCUT2D eigenvalue weighted by Gasteiger charge is 1.93. The molecule has 0 radical (unpaired) electrons. The van der Waals surface area contributed by atoms with Crippen molar-refractivity contribution < 1.29 is 8.78 Å². The summed E-state index contributed by atoms with van der Waals surface area (Å²) in [6.45, 7) is 1.44. The number of benzene rings is 1. The molecule has 0 atom stereocenters. The number of hydrogen-bond donors (Lipinski definition) is 0.